The molecule has 2 N–H and O–H groups in total. The Kier molecular flexibility index (Phi) is 9.57. The molecule has 0 fully saturated rings. The molecule has 0 radical (unpaired) electrons. The van der Waals surface area contributed by atoms with Crippen LogP contribution in [0.15, 0.2) is 12.1 Å². The Bertz CT molecular complexity index is 858. The number of amides is 2. The molecule has 0 aromatic heterocycles. The minimum Gasteiger partial charge on any atom is -0.481 e. The van der Waals surface area contributed by atoms with Crippen LogP contribution in [0.4, 0.5) is 4.79 Å². The van der Waals surface area contributed by atoms with Gasteiger partial charge in [-0.3, -0.25) is 9.69 Å². The molecule has 32 heavy (non-hydrogen) atoms. The zero-order valence-electron chi connectivity index (χ0n) is 19.9. The van der Waals surface area contributed by atoms with Crippen molar-refractivity contribution in [2.24, 2.45) is 0 Å². The maximum atomic E-state index is 12.9. The first-order valence-corrected chi connectivity index (χ1v) is 10.5. The molecule has 1 aromatic carbocycles. The minimum atomic E-state index is -1.17. The van der Waals surface area contributed by atoms with E-state index in [-0.39, 0.29) is 13.0 Å². The number of terminal acetylenes is 1. The van der Waals surface area contributed by atoms with Crippen molar-refractivity contribution in [2.75, 3.05) is 13.7 Å². The van der Waals surface area contributed by atoms with E-state index in [4.69, 9.17) is 15.9 Å². The number of benzene rings is 1. The van der Waals surface area contributed by atoms with E-state index in [1.807, 2.05) is 13.8 Å². The van der Waals surface area contributed by atoms with Crippen LogP contribution in [0.3, 0.4) is 0 Å². The largest absolute Gasteiger partial charge is 0.481 e. The van der Waals surface area contributed by atoms with Gasteiger partial charge in [-0.15, -0.1) is 6.42 Å². The first-order chi connectivity index (χ1) is 14.8. The van der Waals surface area contributed by atoms with Gasteiger partial charge in [0, 0.05) is 13.5 Å². The van der Waals surface area contributed by atoms with E-state index in [0.717, 1.165) is 16.7 Å². The fourth-order valence-corrected chi connectivity index (χ4v) is 3.25. The van der Waals surface area contributed by atoms with Crippen LogP contribution in [0.2, 0.25) is 0 Å². The van der Waals surface area contributed by atoms with Gasteiger partial charge in [-0.25, -0.2) is 9.59 Å². The molecule has 8 nitrogen and oxygen atoms in total. The van der Waals surface area contributed by atoms with Crippen LogP contribution in [-0.4, -0.2) is 59.3 Å². The lowest BCUT2D eigenvalue weighted by Gasteiger charge is -2.30. The third-order valence-electron chi connectivity index (χ3n) is 4.85. The average Bonchev–Trinajstić information content (AvgIpc) is 2.67. The highest BCUT2D eigenvalue weighted by molar-refractivity contribution is 5.89. The summed E-state index contributed by atoms with van der Waals surface area (Å²) in [5, 5.41) is 12.3. The van der Waals surface area contributed by atoms with E-state index < -0.39 is 35.7 Å². The predicted octanol–water partition coefficient (Wildman–Crippen LogP) is 3.07. The van der Waals surface area contributed by atoms with Crippen molar-refractivity contribution >= 4 is 18.0 Å². The van der Waals surface area contributed by atoms with Crippen molar-refractivity contribution in [3.8, 4) is 18.1 Å². The van der Waals surface area contributed by atoms with E-state index in [1.165, 1.54) is 11.9 Å². The summed E-state index contributed by atoms with van der Waals surface area (Å²) in [4.78, 5) is 38.3. The molecule has 8 heteroatoms. The number of likely N-dealkylation sites (N-methyl/N-ethyl adjacent to an activating group) is 1. The summed E-state index contributed by atoms with van der Waals surface area (Å²) >= 11 is 0. The second-order valence-corrected chi connectivity index (χ2v) is 8.65. The van der Waals surface area contributed by atoms with Gasteiger partial charge in [-0.1, -0.05) is 12.8 Å². The molecule has 0 aliphatic carbocycles. The van der Waals surface area contributed by atoms with Crippen LogP contribution in [-0.2, 0) is 20.7 Å². The van der Waals surface area contributed by atoms with Crippen molar-refractivity contribution < 1.29 is 29.0 Å². The molecule has 1 rings (SSSR count). The summed E-state index contributed by atoms with van der Waals surface area (Å²) in [6, 6.07) is 1.53. The topological polar surface area (TPSA) is 105 Å². The number of carboxylic acids is 1. The van der Waals surface area contributed by atoms with Crippen LogP contribution < -0.4 is 10.1 Å². The molecule has 0 saturated carbocycles. The van der Waals surface area contributed by atoms with E-state index in [1.54, 1.807) is 39.8 Å². The molecule has 0 spiro atoms. The van der Waals surface area contributed by atoms with Gasteiger partial charge in [-0.2, -0.15) is 0 Å². The fourth-order valence-electron chi connectivity index (χ4n) is 3.25. The molecule has 0 aliphatic rings. The Balaban J connectivity index is 3.01. The Morgan fingerprint density at radius 2 is 1.78 bits per heavy atom. The van der Waals surface area contributed by atoms with Gasteiger partial charge in [0.1, 0.15) is 30.0 Å². The Morgan fingerprint density at radius 1 is 1.22 bits per heavy atom. The summed E-state index contributed by atoms with van der Waals surface area (Å²) in [6.45, 7) is 10.8. The number of nitrogens with zero attached hydrogens (tertiary/aromatic N) is 1. The molecule has 0 unspecified atom stereocenters. The highest BCUT2D eigenvalue weighted by atomic mass is 16.6. The average molecular weight is 447 g/mol. The van der Waals surface area contributed by atoms with Crippen molar-refractivity contribution in [3.63, 3.8) is 0 Å². The second kappa shape index (κ2) is 11.4. The smallest absolute Gasteiger partial charge is 0.410 e. The zero-order chi connectivity index (χ0) is 24.6. The number of nitrogens with one attached hydrogen (secondary N) is 1. The lowest BCUT2D eigenvalue weighted by Crippen LogP contribution is -2.53. The summed E-state index contributed by atoms with van der Waals surface area (Å²) in [5.41, 5.74) is 1.74. The SMILES string of the molecule is C#CCOc1cc(C)c(C[C@H](NC(=O)[C@H](CC)N(C)C(=O)OC(C)(C)C)C(=O)O)c(C)c1. The summed E-state index contributed by atoms with van der Waals surface area (Å²) < 4.78 is 10.8. The molecule has 0 bridgehead atoms. The molecule has 1 aromatic rings. The van der Waals surface area contributed by atoms with Crippen molar-refractivity contribution in [1.29, 1.82) is 0 Å². The monoisotopic (exact) mass is 446 g/mol. The normalized spacial score (nSPS) is 12.8. The van der Waals surface area contributed by atoms with Gasteiger partial charge in [0.25, 0.3) is 0 Å². The predicted molar refractivity (Wildman–Crippen MR) is 122 cm³/mol. The van der Waals surface area contributed by atoms with Crippen LogP contribution in [0, 0.1) is 26.2 Å². The first-order valence-electron chi connectivity index (χ1n) is 10.5. The van der Waals surface area contributed by atoms with Gasteiger partial charge in [0.15, 0.2) is 0 Å². The standard InChI is InChI=1S/C24H34N2O6/c1-9-11-31-17-12-15(3)18(16(4)13-17)14-19(22(28)29)25-21(27)20(10-2)26(8)23(30)32-24(5,6)7/h1,12-13,19-20H,10-11,14H2,2-8H3,(H,25,27)(H,28,29)/t19-,20-/m0/s1. The van der Waals surface area contributed by atoms with E-state index >= 15 is 0 Å². The quantitative estimate of drug-likeness (QED) is 0.565. The Labute approximate surface area is 190 Å². The molecule has 176 valence electrons. The van der Waals surface area contributed by atoms with E-state index in [0.29, 0.717) is 12.2 Å². The number of carboxylic acid groups (broad SMARTS) is 1. The number of ether oxygens (including phenoxy) is 2. The number of aryl methyl sites for hydroxylation is 2. The minimum absolute atomic E-state index is 0.0841. The number of hydrogen-bond donors (Lipinski definition) is 2. The third kappa shape index (κ3) is 7.80. The molecular formula is C24H34N2O6. The maximum Gasteiger partial charge on any atom is 0.410 e. The number of hydrogen-bond acceptors (Lipinski definition) is 5. The van der Waals surface area contributed by atoms with Gasteiger partial charge in [-0.05, 0) is 69.9 Å². The van der Waals surface area contributed by atoms with Crippen LogP contribution in [0.1, 0.15) is 50.8 Å². The van der Waals surface area contributed by atoms with E-state index in [2.05, 4.69) is 11.2 Å². The molecule has 0 aliphatic heterocycles. The molecule has 2 amide bonds. The fraction of sp³-hybridized carbons (Fsp3) is 0.542. The summed E-state index contributed by atoms with van der Waals surface area (Å²) in [6.07, 6.45) is 4.95. The zero-order valence-corrected chi connectivity index (χ0v) is 19.9. The molecule has 2 atom stereocenters. The van der Waals surface area contributed by atoms with Crippen molar-refractivity contribution in [1.82, 2.24) is 10.2 Å². The first kappa shape index (κ1) is 26.8. The molecular weight excluding hydrogens is 412 g/mol. The number of carbonyl (C=O) groups is 3. The second-order valence-electron chi connectivity index (χ2n) is 8.65. The van der Waals surface area contributed by atoms with Crippen LogP contribution in [0.5, 0.6) is 5.75 Å². The molecule has 0 heterocycles. The lowest BCUT2D eigenvalue weighted by atomic mass is 9.95. The van der Waals surface area contributed by atoms with Gasteiger partial charge in [0.2, 0.25) is 5.91 Å². The highest BCUT2D eigenvalue weighted by Gasteiger charge is 2.32. The van der Waals surface area contributed by atoms with Crippen molar-refractivity contribution in [3.05, 3.63) is 28.8 Å². The van der Waals surface area contributed by atoms with Crippen LogP contribution in [0.25, 0.3) is 0 Å². The Morgan fingerprint density at radius 3 is 2.22 bits per heavy atom. The van der Waals surface area contributed by atoms with E-state index in [9.17, 15) is 19.5 Å². The number of aliphatic carboxylic acids is 1. The summed E-state index contributed by atoms with van der Waals surface area (Å²) in [7, 11) is 1.46. The number of carbonyl (C=O) groups excluding carboxylic acids is 2. The highest BCUT2D eigenvalue weighted by Crippen LogP contribution is 2.23. The van der Waals surface area contributed by atoms with Crippen LogP contribution >= 0.6 is 0 Å². The lowest BCUT2D eigenvalue weighted by molar-refractivity contribution is -0.142. The summed E-state index contributed by atoms with van der Waals surface area (Å²) in [5.74, 6) is 1.27. The van der Waals surface area contributed by atoms with Gasteiger partial charge in [0.05, 0.1) is 0 Å². The molecule has 0 saturated heterocycles. The van der Waals surface area contributed by atoms with Crippen molar-refractivity contribution in [2.45, 2.75) is 72.1 Å². The Hall–Kier alpha value is -3.21. The van der Waals surface area contributed by atoms with Gasteiger partial charge < -0.3 is 19.9 Å². The van der Waals surface area contributed by atoms with Gasteiger partial charge >= 0.3 is 12.1 Å². The number of rotatable bonds is 9. The third-order valence-corrected chi connectivity index (χ3v) is 4.85. The maximum absolute atomic E-state index is 12.9.